The van der Waals surface area contributed by atoms with Crippen LogP contribution in [-0.2, 0) is 9.47 Å². The number of rotatable bonds is 10. The molecule has 1 aromatic carbocycles. The van der Waals surface area contributed by atoms with Gasteiger partial charge in [-0.15, -0.1) is 0 Å². The minimum Gasteiger partial charge on any atom is -0.461 e. The molecule has 6 heteroatoms. The lowest BCUT2D eigenvalue weighted by Crippen LogP contribution is -2.46. The maximum Gasteiger partial charge on any atom is 0.409 e. The molecule has 1 aromatic rings. The van der Waals surface area contributed by atoms with Crippen molar-refractivity contribution in [1.29, 1.82) is 0 Å². The van der Waals surface area contributed by atoms with Crippen LogP contribution in [0.5, 0.6) is 0 Å². The highest BCUT2D eigenvalue weighted by Gasteiger charge is 2.38. The molecule has 0 spiro atoms. The number of carbonyl (C=O) groups excluding carboxylic acids is 2. The van der Waals surface area contributed by atoms with Crippen LogP contribution in [0.3, 0.4) is 0 Å². The number of ether oxygens (including phenoxy) is 2. The van der Waals surface area contributed by atoms with Crippen LogP contribution in [0.2, 0.25) is 5.02 Å². The Morgan fingerprint density at radius 2 is 1.86 bits per heavy atom. The standard InChI is InChI=1S/C22H34ClNO4/c1-7-27-21(26)24(6)14-22(17(4)5,12-11-16(2)3)15-28-20(25)18-9-8-10-19(23)13-18/h8-10,13,16-17H,7,11-12,14-15H2,1-6H3. The molecular formula is C22H34ClNO4. The molecule has 0 aromatic heterocycles. The lowest BCUT2D eigenvalue weighted by molar-refractivity contribution is -0.00393. The van der Waals surface area contributed by atoms with E-state index in [1.54, 1.807) is 43.1 Å². The van der Waals surface area contributed by atoms with Gasteiger partial charge in [-0.3, -0.25) is 0 Å². The third-order valence-corrected chi connectivity index (χ3v) is 5.36. The largest absolute Gasteiger partial charge is 0.461 e. The van der Waals surface area contributed by atoms with Gasteiger partial charge in [-0.1, -0.05) is 51.8 Å². The number of nitrogens with zero attached hydrogens (tertiary/aromatic N) is 1. The fourth-order valence-corrected chi connectivity index (χ4v) is 3.28. The van der Waals surface area contributed by atoms with Gasteiger partial charge < -0.3 is 14.4 Å². The molecule has 0 N–H and O–H groups in total. The third-order valence-electron chi connectivity index (χ3n) is 5.13. The van der Waals surface area contributed by atoms with E-state index in [2.05, 4.69) is 27.7 Å². The van der Waals surface area contributed by atoms with Gasteiger partial charge in [0.05, 0.1) is 18.8 Å². The van der Waals surface area contributed by atoms with Gasteiger partial charge in [-0.25, -0.2) is 9.59 Å². The zero-order valence-corrected chi connectivity index (χ0v) is 18.7. The number of halogens is 1. The Kier molecular flexibility index (Phi) is 9.80. The van der Waals surface area contributed by atoms with Gasteiger partial charge in [-0.2, -0.15) is 0 Å². The molecule has 0 bridgehead atoms. The summed E-state index contributed by atoms with van der Waals surface area (Å²) < 4.78 is 10.8. The van der Waals surface area contributed by atoms with Crippen molar-refractivity contribution in [2.45, 2.75) is 47.5 Å². The predicted molar refractivity (Wildman–Crippen MR) is 113 cm³/mol. The Labute approximate surface area is 174 Å². The lowest BCUT2D eigenvalue weighted by atomic mass is 9.72. The smallest absolute Gasteiger partial charge is 0.409 e. The number of amides is 1. The first kappa shape index (κ1) is 24.3. The minimum atomic E-state index is -0.407. The minimum absolute atomic E-state index is 0.204. The van der Waals surface area contributed by atoms with Crippen LogP contribution in [0, 0.1) is 17.3 Å². The van der Waals surface area contributed by atoms with Gasteiger partial charge in [0.15, 0.2) is 0 Å². The Morgan fingerprint density at radius 3 is 2.39 bits per heavy atom. The summed E-state index contributed by atoms with van der Waals surface area (Å²) in [6.45, 7) is 11.3. The van der Waals surface area contributed by atoms with Crippen LogP contribution in [0.25, 0.3) is 0 Å². The number of esters is 1. The van der Waals surface area contributed by atoms with E-state index in [9.17, 15) is 9.59 Å². The Bertz CT molecular complexity index is 647. The Hall–Kier alpha value is -1.75. The van der Waals surface area contributed by atoms with Gasteiger partial charge >= 0.3 is 12.1 Å². The number of hydrogen-bond acceptors (Lipinski definition) is 4. The van der Waals surface area contributed by atoms with E-state index in [-0.39, 0.29) is 24.0 Å². The number of benzene rings is 1. The first-order valence-corrected chi connectivity index (χ1v) is 10.3. The van der Waals surface area contributed by atoms with Crippen molar-refractivity contribution in [3.63, 3.8) is 0 Å². The predicted octanol–water partition coefficient (Wildman–Crippen LogP) is 5.66. The van der Waals surface area contributed by atoms with Crippen molar-refractivity contribution in [1.82, 2.24) is 4.90 Å². The van der Waals surface area contributed by atoms with Gasteiger partial charge in [0.2, 0.25) is 0 Å². The summed E-state index contributed by atoms with van der Waals surface area (Å²) in [4.78, 5) is 26.3. The van der Waals surface area contributed by atoms with Gasteiger partial charge in [-0.05, 0) is 43.4 Å². The quantitative estimate of drug-likeness (QED) is 0.466. The number of carbonyl (C=O) groups is 2. The monoisotopic (exact) mass is 411 g/mol. The molecule has 0 saturated heterocycles. The Balaban J connectivity index is 3.00. The fourth-order valence-electron chi connectivity index (χ4n) is 3.09. The highest BCUT2D eigenvalue weighted by Crippen LogP contribution is 2.36. The molecule has 0 radical (unpaired) electrons. The molecule has 0 fully saturated rings. The van der Waals surface area contributed by atoms with Crippen molar-refractivity contribution in [2.24, 2.45) is 17.3 Å². The van der Waals surface area contributed by atoms with Crippen LogP contribution in [-0.4, -0.2) is 43.8 Å². The Morgan fingerprint density at radius 1 is 1.18 bits per heavy atom. The second kappa shape index (κ2) is 11.3. The van der Waals surface area contributed by atoms with Crippen LogP contribution in [0.15, 0.2) is 24.3 Å². The second-order valence-corrected chi connectivity index (χ2v) is 8.53. The van der Waals surface area contributed by atoms with Crippen LogP contribution >= 0.6 is 11.6 Å². The second-order valence-electron chi connectivity index (χ2n) is 8.09. The third kappa shape index (κ3) is 7.34. The summed E-state index contributed by atoms with van der Waals surface area (Å²) in [7, 11) is 1.73. The van der Waals surface area contributed by atoms with Crippen molar-refractivity contribution < 1.29 is 19.1 Å². The first-order valence-electron chi connectivity index (χ1n) is 9.92. The summed E-state index contributed by atoms with van der Waals surface area (Å²) >= 11 is 5.98. The van der Waals surface area contributed by atoms with Crippen molar-refractivity contribution in [2.75, 3.05) is 26.8 Å². The van der Waals surface area contributed by atoms with Gasteiger partial charge in [0.1, 0.15) is 0 Å². The SMILES string of the molecule is CCOC(=O)N(C)CC(CCC(C)C)(COC(=O)c1cccc(Cl)c1)C(C)C. The molecule has 158 valence electrons. The van der Waals surface area contributed by atoms with Gasteiger partial charge in [0, 0.05) is 24.0 Å². The topological polar surface area (TPSA) is 55.8 Å². The average molecular weight is 412 g/mol. The summed E-state index contributed by atoms with van der Waals surface area (Å²) in [5, 5.41) is 0.492. The van der Waals surface area contributed by atoms with E-state index >= 15 is 0 Å². The highest BCUT2D eigenvalue weighted by atomic mass is 35.5. The molecule has 0 aliphatic heterocycles. The molecule has 0 heterocycles. The van der Waals surface area contributed by atoms with E-state index in [0.717, 1.165) is 12.8 Å². The fraction of sp³-hybridized carbons (Fsp3) is 0.636. The van der Waals surface area contributed by atoms with Crippen molar-refractivity contribution in [3.8, 4) is 0 Å². The molecule has 5 nitrogen and oxygen atoms in total. The van der Waals surface area contributed by atoms with E-state index in [1.165, 1.54) is 0 Å². The van der Waals surface area contributed by atoms with E-state index in [4.69, 9.17) is 21.1 Å². The maximum atomic E-state index is 12.5. The summed E-state index contributed by atoms with van der Waals surface area (Å²) in [5.41, 5.74) is 0.0628. The van der Waals surface area contributed by atoms with E-state index in [1.807, 2.05) is 0 Å². The summed E-state index contributed by atoms with van der Waals surface area (Å²) in [6, 6.07) is 6.72. The van der Waals surface area contributed by atoms with E-state index in [0.29, 0.717) is 29.7 Å². The normalized spacial score (nSPS) is 13.3. The molecule has 1 amide bonds. The number of hydrogen-bond donors (Lipinski definition) is 0. The van der Waals surface area contributed by atoms with Crippen LogP contribution in [0.1, 0.15) is 57.8 Å². The average Bonchev–Trinajstić information content (AvgIpc) is 2.63. The highest BCUT2D eigenvalue weighted by molar-refractivity contribution is 6.30. The van der Waals surface area contributed by atoms with Crippen LogP contribution in [0.4, 0.5) is 4.79 Å². The van der Waals surface area contributed by atoms with Crippen molar-refractivity contribution in [3.05, 3.63) is 34.9 Å². The molecule has 0 aliphatic rings. The molecule has 0 aliphatic carbocycles. The molecular weight excluding hydrogens is 378 g/mol. The zero-order valence-electron chi connectivity index (χ0n) is 18.0. The maximum absolute atomic E-state index is 12.5. The molecule has 1 unspecified atom stereocenters. The summed E-state index contributed by atoms with van der Waals surface area (Å²) in [5.74, 6) is 0.306. The van der Waals surface area contributed by atoms with Crippen LogP contribution < -0.4 is 0 Å². The van der Waals surface area contributed by atoms with Crippen molar-refractivity contribution >= 4 is 23.7 Å². The summed E-state index contributed by atoms with van der Waals surface area (Å²) in [6.07, 6.45) is 1.46. The lowest BCUT2D eigenvalue weighted by Gasteiger charge is -2.40. The molecule has 28 heavy (non-hydrogen) atoms. The molecule has 0 saturated carbocycles. The van der Waals surface area contributed by atoms with Gasteiger partial charge in [0.25, 0.3) is 0 Å². The molecule has 1 rings (SSSR count). The first-order chi connectivity index (χ1) is 13.1. The zero-order chi connectivity index (χ0) is 21.3. The molecule has 1 atom stereocenters. The van der Waals surface area contributed by atoms with E-state index < -0.39 is 5.97 Å².